The van der Waals surface area contributed by atoms with Gasteiger partial charge in [-0.25, -0.2) is 12.7 Å². The zero-order valence-electron chi connectivity index (χ0n) is 15.5. The lowest BCUT2D eigenvalue weighted by Crippen LogP contribution is -2.52. The highest BCUT2D eigenvalue weighted by molar-refractivity contribution is 7.88. The quantitative estimate of drug-likeness (QED) is 0.725. The van der Waals surface area contributed by atoms with Gasteiger partial charge in [-0.3, -0.25) is 9.69 Å². The Balaban J connectivity index is 0.00000261. The molecule has 1 amide bonds. The van der Waals surface area contributed by atoms with Crippen molar-refractivity contribution in [1.29, 1.82) is 0 Å². The third-order valence-electron chi connectivity index (χ3n) is 5.18. The number of halogens is 2. The number of piperazine rings is 1. The molecule has 0 saturated carbocycles. The van der Waals surface area contributed by atoms with Gasteiger partial charge in [-0.1, -0.05) is 23.7 Å². The van der Waals surface area contributed by atoms with Gasteiger partial charge in [0.2, 0.25) is 15.9 Å². The molecule has 0 spiro atoms. The van der Waals surface area contributed by atoms with Gasteiger partial charge in [0.25, 0.3) is 0 Å². The molecule has 1 aromatic rings. The first kappa shape index (κ1) is 22.4. The van der Waals surface area contributed by atoms with Gasteiger partial charge < -0.3 is 4.90 Å². The first-order valence-corrected chi connectivity index (χ1v) is 11.3. The highest BCUT2D eigenvalue weighted by atomic mass is 35.5. The standard InChI is InChI=1S/C18H26ClN3O3S.ClH/c1-26(24,25)22-7-3-5-16(14-22)18(23)21-10-8-20(9-11-21)13-15-4-2-6-17(19)12-15;/h2,4,6,12,16H,3,5,7-11,13-14H2,1H3;1H. The molecule has 0 aliphatic carbocycles. The van der Waals surface area contributed by atoms with Crippen LogP contribution in [0, 0.1) is 5.92 Å². The number of hydrogen-bond acceptors (Lipinski definition) is 4. The third kappa shape index (κ3) is 6.06. The zero-order chi connectivity index (χ0) is 18.7. The topological polar surface area (TPSA) is 60.9 Å². The fraction of sp³-hybridized carbons (Fsp3) is 0.611. The van der Waals surface area contributed by atoms with Gasteiger partial charge in [-0.05, 0) is 30.5 Å². The monoisotopic (exact) mass is 435 g/mol. The number of hydrogen-bond donors (Lipinski definition) is 0. The van der Waals surface area contributed by atoms with Crippen LogP contribution in [0.5, 0.6) is 0 Å². The molecule has 1 unspecified atom stereocenters. The van der Waals surface area contributed by atoms with Crippen LogP contribution in [0.25, 0.3) is 0 Å². The average Bonchev–Trinajstić information content (AvgIpc) is 2.61. The predicted molar refractivity (Wildman–Crippen MR) is 110 cm³/mol. The van der Waals surface area contributed by atoms with E-state index >= 15 is 0 Å². The van der Waals surface area contributed by atoms with Crippen molar-refractivity contribution in [2.75, 3.05) is 45.5 Å². The fourth-order valence-corrected chi connectivity index (χ4v) is 4.85. The van der Waals surface area contributed by atoms with Crippen molar-refractivity contribution in [2.45, 2.75) is 19.4 Å². The Bertz CT molecular complexity index is 752. The molecule has 1 aromatic carbocycles. The van der Waals surface area contributed by atoms with Crippen LogP contribution < -0.4 is 0 Å². The molecule has 2 fully saturated rings. The fourth-order valence-electron chi connectivity index (χ4n) is 3.72. The molecule has 6 nitrogen and oxygen atoms in total. The van der Waals surface area contributed by atoms with Crippen LogP contribution in [-0.4, -0.2) is 74.0 Å². The lowest BCUT2D eigenvalue weighted by Gasteiger charge is -2.38. The van der Waals surface area contributed by atoms with Crippen molar-refractivity contribution in [2.24, 2.45) is 5.92 Å². The lowest BCUT2D eigenvalue weighted by molar-refractivity contribution is -0.138. The van der Waals surface area contributed by atoms with Crippen LogP contribution in [0.2, 0.25) is 5.02 Å². The molecule has 2 saturated heterocycles. The van der Waals surface area contributed by atoms with Crippen LogP contribution in [0.15, 0.2) is 24.3 Å². The summed E-state index contributed by atoms with van der Waals surface area (Å²) in [5, 5.41) is 0.740. The van der Waals surface area contributed by atoms with Gasteiger partial charge in [0.05, 0.1) is 12.2 Å². The summed E-state index contributed by atoms with van der Waals surface area (Å²) in [7, 11) is -3.23. The molecular formula is C18H27Cl2N3O3S. The number of carbonyl (C=O) groups excluding carboxylic acids is 1. The van der Waals surface area contributed by atoms with Crippen LogP contribution in [-0.2, 0) is 21.4 Å². The summed E-state index contributed by atoms with van der Waals surface area (Å²) in [5.74, 6) is -0.112. The van der Waals surface area contributed by atoms with E-state index in [0.29, 0.717) is 26.2 Å². The molecule has 1 atom stereocenters. The molecule has 2 aliphatic rings. The Kier molecular flexibility index (Phi) is 7.94. The Labute approximate surface area is 172 Å². The maximum Gasteiger partial charge on any atom is 0.227 e. The first-order valence-electron chi connectivity index (χ1n) is 9.03. The van der Waals surface area contributed by atoms with Gasteiger partial charge in [0.15, 0.2) is 0 Å². The summed E-state index contributed by atoms with van der Waals surface area (Å²) in [6.45, 7) is 4.69. The number of benzene rings is 1. The molecule has 0 N–H and O–H groups in total. The number of piperidine rings is 1. The van der Waals surface area contributed by atoms with Crippen molar-refractivity contribution >= 4 is 39.9 Å². The van der Waals surface area contributed by atoms with E-state index in [2.05, 4.69) is 11.0 Å². The molecule has 2 heterocycles. The third-order valence-corrected chi connectivity index (χ3v) is 6.69. The molecule has 9 heteroatoms. The Morgan fingerprint density at radius 1 is 1.19 bits per heavy atom. The van der Waals surface area contributed by atoms with Crippen LogP contribution in [0.1, 0.15) is 18.4 Å². The van der Waals surface area contributed by atoms with E-state index in [1.807, 2.05) is 23.1 Å². The molecular weight excluding hydrogens is 409 g/mol. The average molecular weight is 436 g/mol. The summed E-state index contributed by atoms with van der Waals surface area (Å²) in [5.41, 5.74) is 1.17. The molecule has 2 aliphatic heterocycles. The number of amides is 1. The van der Waals surface area contributed by atoms with Gasteiger partial charge in [0, 0.05) is 50.8 Å². The summed E-state index contributed by atoms with van der Waals surface area (Å²) in [4.78, 5) is 17.0. The SMILES string of the molecule is CS(=O)(=O)N1CCCC(C(=O)N2CCN(Cc3cccc(Cl)c3)CC2)C1.Cl. The second-order valence-electron chi connectivity index (χ2n) is 7.19. The lowest BCUT2D eigenvalue weighted by atomic mass is 9.97. The molecule has 0 aromatic heterocycles. The predicted octanol–water partition coefficient (Wildman–Crippen LogP) is 2.08. The summed E-state index contributed by atoms with van der Waals surface area (Å²) >= 11 is 6.04. The second kappa shape index (κ2) is 9.56. The molecule has 0 radical (unpaired) electrons. The maximum absolute atomic E-state index is 12.8. The van der Waals surface area contributed by atoms with E-state index in [1.54, 1.807) is 0 Å². The Morgan fingerprint density at radius 3 is 2.52 bits per heavy atom. The summed E-state index contributed by atoms with van der Waals surface area (Å²) in [6.07, 6.45) is 2.74. The van der Waals surface area contributed by atoms with Crippen LogP contribution in [0.3, 0.4) is 0 Å². The molecule has 27 heavy (non-hydrogen) atoms. The number of carbonyl (C=O) groups is 1. The minimum Gasteiger partial charge on any atom is -0.340 e. The Hall–Kier alpha value is -0.860. The largest absolute Gasteiger partial charge is 0.340 e. The van der Waals surface area contributed by atoms with Gasteiger partial charge >= 0.3 is 0 Å². The van der Waals surface area contributed by atoms with Gasteiger partial charge in [-0.15, -0.1) is 12.4 Å². The number of rotatable bonds is 4. The van der Waals surface area contributed by atoms with Crippen LogP contribution >= 0.6 is 24.0 Å². The summed E-state index contributed by atoms with van der Waals surface area (Å²) in [6, 6.07) is 7.85. The van der Waals surface area contributed by atoms with E-state index in [0.717, 1.165) is 37.5 Å². The summed E-state index contributed by atoms with van der Waals surface area (Å²) < 4.78 is 25.0. The van der Waals surface area contributed by atoms with Gasteiger partial charge in [0.1, 0.15) is 0 Å². The van der Waals surface area contributed by atoms with E-state index < -0.39 is 10.0 Å². The number of sulfonamides is 1. The smallest absolute Gasteiger partial charge is 0.227 e. The van der Waals surface area contributed by atoms with Gasteiger partial charge in [-0.2, -0.15) is 0 Å². The molecule has 3 rings (SSSR count). The first-order chi connectivity index (χ1) is 12.3. The van der Waals surface area contributed by atoms with E-state index in [1.165, 1.54) is 16.1 Å². The van der Waals surface area contributed by atoms with Crippen molar-refractivity contribution < 1.29 is 13.2 Å². The number of nitrogens with zero attached hydrogens (tertiary/aromatic N) is 3. The molecule has 152 valence electrons. The van der Waals surface area contributed by atoms with E-state index in [9.17, 15) is 13.2 Å². The van der Waals surface area contributed by atoms with Crippen molar-refractivity contribution in [3.8, 4) is 0 Å². The van der Waals surface area contributed by atoms with Crippen molar-refractivity contribution in [3.05, 3.63) is 34.9 Å². The highest BCUT2D eigenvalue weighted by Crippen LogP contribution is 2.22. The highest BCUT2D eigenvalue weighted by Gasteiger charge is 2.33. The van der Waals surface area contributed by atoms with E-state index in [-0.39, 0.29) is 24.2 Å². The molecule has 0 bridgehead atoms. The van der Waals surface area contributed by atoms with Crippen molar-refractivity contribution in [1.82, 2.24) is 14.1 Å². The Morgan fingerprint density at radius 2 is 1.89 bits per heavy atom. The zero-order valence-corrected chi connectivity index (χ0v) is 17.9. The minimum absolute atomic E-state index is 0. The minimum atomic E-state index is -3.23. The van der Waals surface area contributed by atoms with E-state index in [4.69, 9.17) is 11.6 Å². The van der Waals surface area contributed by atoms with Crippen molar-refractivity contribution in [3.63, 3.8) is 0 Å². The van der Waals surface area contributed by atoms with Crippen LogP contribution in [0.4, 0.5) is 0 Å². The second-order valence-corrected chi connectivity index (χ2v) is 9.61. The maximum atomic E-state index is 12.8. The normalized spacial score (nSPS) is 22.3.